The van der Waals surface area contributed by atoms with Gasteiger partial charge in [0.25, 0.3) is 0 Å². The first kappa shape index (κ1) is 16.0. The minimum Gasteiger partial charge on any atom is -0.454 e. The maximum Gasteiger partial charge on any atom is 0.387 e. The predicted molar refractivity (Wildman–Crippen MR) is 79.4 cm³/mol. The zero-order valence-electron chi connectivity index (χ0n) is 10.2. The third kappa shape index (κ3) is 4.04. The van der Waals surface area contributed by atoms with E-state index in [9.17, 15) is 13.2 Å². The van der Waals surface area contributed by atoms with Gasteiger partial charge in [-0.2, -0.15) is 8.78 Å². The maximum absolute atomic E-state index is 13.5. The quantitative estimate of drug-likeness (QED) is 0.672. The van der Waals surface area contributed by atoms with E-state index in [-0.39, 0.29) is 11.4 Å². The molecule has 0 atom stereocenters. The summed E-state index contributed by atoms with van der Waals surface area (Å²) < 4.78 is 48.8. The number of rotatable bonds is 4. The number of halogens is 5. The van der Waals surface area contributed by atoms with Gasteiger partial charge in [-0.05, 0) is 34.1 Å². The average molecular weight is 427 g/mol. The summed E-state index contributed by atoms with van der Waals surface area (Å²) in [6, 6.07) is 6.91. The van der Waals surface area contributed by atoms with Crippen molar-refractivity contribution in [3.05, 3.63) is 45.1 Å². The number of benzene rings is 2. The lowest BCUT2D eigenvalue weighted by atomic mass is 10.2. The monoisotopic (exact) mass is 425 g/mol. The second kappa shape index (κ2) is 6.57. The molecule has 0 spiro atoms. The van der Waals surface area contributed by atoms with Gasteiger partial charge in [-0.15, -0.1) is 0 Å². The summed E-state index contributed by atoms with van der Waals surface area (Å²) in [5.41, 5.74) is 5.58. The Balaban J connectivity index is 2.34. The molecule has 0 unspecified atom stereocenters. The molecule has 0 aromatic heterocycles. The number of nitrogen functional groups attached to an aromatic ring is 1. The molecule has 2 rings (SSSR count). The first-order chi connectivity index (χ1) is 9.86. The highest BCUT2D eigenvalue weighted by atomic mass is 79.9. The molecule has 0 saturated heterocycles. The van der Waals surface area contributed by atoms with E-state index in [0.717, 1.165) is 16.6 Å². The summed E-state index contributed by atoms with van der Waals surface area (Å²) in [7, 11) is 0. The van der Waals surface area contributed by atoms with E-state index in [1.165, 1.54) is 0 Å². The number of nitrogens with two attached hydrogens (primary N) is 1. The predicted octanol–water partition coefficient (Wildman–Crippen LogP) is 5.33. The van der Waals surface area contributed by atoms with Crippen LogP contribution in [0.1, 0.15) is 0 Å². The molecule has 0 fully saturated rings. The van der Waals surface area contributed by atoms with Gasteiger partial charge in [0.1, 0.15) is 5.75 Å². The molecule has 0 heterocycles. The molecule has 8 heteroatoms. The van der Waals surface area contributed by atoms with E-state index in [4.69, 9.17) is 10.5 Å². The molecular weight excluding hydrogens is 419 g/mol. The molecular formula is C13H8Br2F3NO2. The van der Waals surface area contributed by atoms with Crippen LogP contribution in [0.4, 0.5) is 18.9 Å². The van der Waals surface area contributed by atoms with Gasteiger partial charge in [0.05, 0.1) is 10.2 Å². The van der Waals surface area contributed by atoms with Crippen LogP contribution in [0.15, 0.2) is 39.3 Å². The Kier molecular flexibility index (Phi) is 5.00. The first-order valence-corrected chi connectivity index (χ1v) is 7.12. The highest BCUT2D eigenvalue weighted by Gasteiger charge is 2.15. The van der Waals surface area contributed by atoms with E-state index >= 15 is 0 Å². The Morgan fingerprint density at radius 3 is 2.33 bits per heavy atom. The Morgan fingerprint density at radius 2 is 1.71 bits per heavy atom. The molecule has 2 aromatic carbocycles. The van der Waals surface area contributed by atoms with Gasteiger partial charge in [0, 0.05) is 16.6 Å². The SMILES string of the molecule is Nc1cc(F)c(OC(F)F)cc1Oc1ccc(Br)cc1Br. The molecule has 0 aliphatic carbocycles. The minimum atomic E-state index is -3.14. The molecule has 2 aromatic rings. The molecule has 2 N–H and O–H groups in total. The van der Waals surface area contributed by atoms with Crippen LogP contribution in [0.5, 0.6) is 17.2 Å². The van der Waals surface area contributed by atoms with Crippen molar-refractivity contribution in [2.75, 3.05) is 5.73 Å². The van der Waals surface area contributed by atoms with Crippen LogP contribution < -0.4 is 15.2 Å². The third-order valence-electron chi connectivity index (χ3n) is 2.39. The molecule has 0 aliphatic rings. The van der Waals surface area contributed by atoms with Gasteiger partial charge in [-0.1, -0.05) is 15.9 Å². The van der Waals surface area contributed by atoms with Gasteiger partial charge in [0.15, 0.2) is 17.3 Å². The standard InChI is InChI=1S/C13H8Br2F3NO2/c14-6-1-2-10(7(15)3-6)20-12-5-11(21-13(17)18)8(16)4-9(12)19/h1-5,13H,19H2. The fourth-order valence-corrected chi connectivity index (χ4v) is 2.63. The van der Waals surface area contributed by atoms with Crippen molar-refractivity contribution >= 4 is 37.5 Å². The van der Waals surface area contributed by atoms with E-state index in [0.29, 0.717) is 10.2 Å². The molecule has 0 amide bonds. The molecule has 0 radical (unpaired) electrons. The van der Waals surface area contributed by atoms with E-state index in [2.05, 4.69) is 36.6 Å². The summed E-state index contributed by atoms with van der Waals surface area (Å²) >= 11 is 6.56. The summed E-state index contributed by atoms with van der Waals surface area (Å²) in [5.74, 6) is -1.23. The number of alkyl halides is 2. The van der Waals surface area contributed by atoms with Crippen molar-refractivity contribution in [1.29, 1.82) is 0 Å². The zero-order valence-corrected chi connectivity index (χ0v) is 13.4. The lowest BCUT2D eigenvalue weighted by Crippen LogP contribution is -2.05. The van der Waals surface area contributed by atoms with Gasteiger partial charge in [0.2, 0.25) is 0 Å². The zero-order chi connectivity index (χ0) is 15.6. The van der Waals surface area contributed by atoms with Gasteiger partial charge < -0.3 is 15.2 Å². The summed E-state index contributed by atoms with van der Waals surface area (Å²) in [5, 5.41) is 0. The van der Waals surface area contributed by atoms with Crippen molar-refractivity contribution < 1.29 is 22.6 Å². The smallest absolute Gasteiger partial charge is 0.387 e. The molecule has 21 heavy (non-hydrogen) atoms. The van der Waals surface area contributed by atoms with Crippen molar-refractivity contribution in [2.24, 2.45) is 0 Å². The van der Waals surface area contributed by atoms with Crippen LogP contribution in [0.25, 0.3) is 0 Å². The summed E-state index contributed by atoms with van der Waals surface area (Å²) in [4.78, 5) is 0. The number of anilines is 1. The molecule has 0 aliphatic heterocycles. The minimum absolute atomic E-state index is 0.00933. The Bertz CT molecular complexity index is 668. The first-order valence-electron chi connectivity index (χ1n) is 5.53. The normalized spacial score (nSPS) is 10.8. The highest BCUT2D eigenvalue weighted by molar-refractivity contribution is 9.11. The Morgan fingerprint density at radius 1 is 1.00 bits per heavy atom. The summed E-state index contributed by atoms with van der Waals surface area (Å²) in [6.45, 7) is -3.14. The van der Waals surface area contributed by atoms with Gasteiger partial charge >= 0.3 is 6.61 Å². The number of hydrogen-bond donors (Lipinski definition) is 1. The summed E-state index contributed by atoms with van der Waals surface area (Å²) in [6.07, 6.45) is 0. The molecule has 0 saturated carbocycles. The van der Waals surface area contributed by atoms with E-state index < -0.39 is 18.2 Å². The van der Waals surface area contributed by atoms with Crippen LogP contribution in [-0.2, 0) is 0 Å². The Hall–Kier alpha value is -1.41. The number of hydrogen-bond acceptors (Lipinski definition) is 3. The largest absolute Gasteiger partial charge is 0.454 e. The van der Waals surface area contributed by atoms with Crippen molar-refractivity contribution in [3.8, 4) is 17.2 Å². The lowest BCUT2D eigenvalue weighted by molar-refractivity contribution is -0.0522. The van der Waals surface area contributed by atoms with Crippen LogP contribution in [0.3, 0.4) is 0 Å². The van der Waals surface area contributed by atoms with Crippen molar-refractivity contribution in [1.82, 2.24) is 0 Å². The average Bonchev–Trinajstić information content (AvgIpc) is 2.37. The molecule has 3 nitrogen and oxygen atoms in total. The maximum atomic E-state index is 13.5. The van der Waals surface area contributed by atoms with Crippen LogP contribution in [0, 0.1) is 5.82 Å². The molecule has 112 valence electrons. The van der Waals surface area contributed by atoms with E-state index in [1.807, 2.05) is 0 Å². The molecule has 0 bridgehead atoms. The third-order valence-corrected chi connectivity index (χ3v) is 3.51. The van der Waals surface area contributed by atoms with Gasteiger partial charge in [-0.3, -0.25) is 0 Å². The second-order valence-electron chi connectivity index (χ2n) is 3.88. The van der Waals surface area contributed by atoms with E-state index in [1.54, 1.807) is 18.2 Å². The fraction of sp³-hybridized carbons (Fsp3) is 0.0769. The van der Waals surface area contributed by atoms with Crippen molar-refractivity contribution in [2.45, 2.75) is 6.61 Å². The van der Waals surface area contributed by atoms with Gasteiger partial charge in [-0.25, -0.2) is 4.39 Å². The van der Waals surface area contributed by atoms with Crippen LogP contribution in [-0.4, -0.2) is 6.61 Å². The Labute approximate surface area is 135 Å². The van der Waals surface area contributed by atoms with Crippen LogP contribution in [0.2, 0.25) is 0 Å². The highest BCUT2D eigenvalue weighted by Crippen LogP contribution is 2.37. The number of ether oxygens (including phenoxy) is 2. The lowest BCUT2D eigenvalue weighted by Gasteiger charge is -2.13. The van der Waals surface area contributed by atoms with Crippen molar-refractivity contribution in [3.63, 3.8) is 0 Å². The topological polar surface area (TPSA) is 44.5 Å². The van der Waals surface area contributed by atoms with Crippen LogP contribution >= 0.6 is 31.9 Å². The fourth-order valence-electron chi connectivity index (χ4n) is 1.50. The second-order valence-corrected chi connectivity index (χ2v) is 5.65.